The molecule has 6 aromatic carbocycles. The molecule has 6 rings (SSSR count). The van der Waals surface area contributed by atoms with Gasteiger partial charge in [0.1, 0.15) is 17.2 Å². The van der Waals surface area contributed by atoms with Crippen LogP contribution in [0.25, 0.3) is 22.3 Å². The molecule has 0 aliphatic carbocycles. The normalized spacial score (nSPS) is 10.9. The fourth-order valence-corrected chi connectivity index (χ4v) is 11.3. The molecule has 0 saturated carbocycles. The van der Waals surface area contributed by atoms with Crippen molar-refractivity contribution in [1.29, 1.82) is 0 Å². The first-order valence-electron chi connectivity index (χ1n) is 35.9. The highest BCUT2D eigenvalue weighted by atomic mass is 16.5. The van der Waals surface area contributed by atoms with Crippen molar-refractivity contribution in [2.75, 3.05) is 66.6 Å². The summed E-state index contributed by atoms with van der Waals surface area (Å²) in [5, 5.41) is 8.92. The molecule has 0 aliphatic heterocycles. The molecule has 6 aromatic rings. The molecular formula is C86H112O13. The van der Waals surface area contributed by atoms with Gasteiger partial charge in [0, 0.05) is 36.0 Å². The highest BCUT2D eigenvalue weighted by Crippen LogP contribution is 2.36. The number of rotatable bonds is 47. The van der Waals surface area contributed by atoms with E-state index in [1.165, 1.54) is 51.8 Å². The van der Waals surface area contributed by atoms with Crippen molar-refractivity contribution in [2.45, 2.75) is 182 Å². The van der Waals surface area contributed by atoms with E-state index in [4.69, 9.17) is 43.0 Å². The van der Waals surface area contributed by atoms with Gasteiger partial charge in [-0.15, -0.1) is 0 Å². The van der Waals surface area contributed by atoms with Gasteiger partial charge in [0.15, 0.2) is 0 Å². The minimum atomic E-state index is -0.399. The second-order valence-corrected chi connectivity index (χ2v) is 25.6. The Labute approximate surface area is 592 Å². The summed E-state index contributed by atoms with van der Waals surface area (Å²) in [5.74, 6) is 1.16. The minimum Gasteiger partial charge on any atom is -0.494 e. The number of aryl methyl sites for hydroxylation is 6. The lowest BCUT2D eigenvalue weighted by atomic mass is 9.90. The zero-order valence-corrected chi connectivity index (χ0v) is 60.6. The third-order valence-electron chi connectivity index (χ3n) is 17.1. The van der Waals surface area contributed by atoms with Crippen molar-refractivity contribution in [3.05, 3.63) is 221 Å². The Hall–Kier alpha value is -8.52. The van der Waals surface area contributed by atoms with Crippen LogP contribution in [0.15, 0.2) is 176 Å². The zero-order valence-electron chi connectivity index (χ0n) is 60.6. The van der Waals surface area contributed by atoms with Gasteiger partial charge in [0.2, 0.25) is 0 Å². The fraction of sp³-hybridized carbons (Fsp3) is 0.442. The van der Waals surface area contributed by atoms with E-state index in [1.54, 1.807) is 34.8 Å². The number of unbranched alkanes of at least 4 members (excludes halogenated alkanes) is 7. The van der Waals surface area contributed by atoms with Gasteiger partial charge in [-0.3, -0.25) is 0 Å². The number of benzene rings is 6. The maximum absolute atomic E-state index is 12.0. The average molecular weight is 1350 g/mol. The molecule has 13 heteroatoms. The van der Waals surface area contributed by atoms with E-state index >= 15 is 0 Å². The summed E-state index contributed by atoms with van der Waals surface area (Å²) in [6, 6.07) is 45.0. The van der Waals surface area contributed by atoms with Crippen LogP contribution in [0.2, 0.25) is 0 Å². The van der Waals surface area contributed by atoms with Crippen LogP contribution >= 0.6 is 0 Å². The molecule has 0 unspecified atom stereocenters. The van der Waals surface area contributed by atoms with Gasteiger partial charge in [0.25, 0.3) is 0 Å². The third kappa shape index (κ3) is 30.6. The Morgan fingerprint density at radius 2 is 0.818 bits per heavy atom. The summed E-state index contributed by atoms with van der Waals surface area (Å²) >= 11 is 0. The van der Waals surface area contributed by atoms with Gasteiger partial charge in [-0.25, -0.2) is 19.2 Å². The molecule has 534 valence electrons. The van der Waals surface area contributed by atoms with E-state index in [0.29, 0.717) is 87.2 Å². The summed E-state index contributed by atoms with van der Waals surface area (Å²) in [4.78, 5) is 47.8. The molecule has 0 atom stereocenters. The first-order chi connectivity index (χ1) is 47.9. The quantitative estimate of drug-likeness (QED) is 0.0166. The van der Waals surface area contributed by atoms with E-state index in [2.05, 4.69) is 155 Å². The Balaban J connectivity index is 0.000000358. The molecule has 0 aliphatic rings. The Morgan fingerprint density at radius 1 is 0.384 bits per heavy atom. The van der Waals surface area contributed by atoms with E-state index in [1.807, 2.05) is 12.1 Å². The molecule has 0 spiro atoms. The summed E-state index contributed by atoms with van der Waals surface area (Å²) in [6.45, 7) is 29.7. The molecule has 0 radical (unpaired) electrons. The number of carbonyl (C=O) groups is 4. The predicted octanol–water partition coefficient (Wildman–Crippen LogP) is 18.7. The SMILES string of the molecule is C=C(C)C(=O)OCCC(CCOC(=O)C(=C)C)c1ccc(-c2ccc(OCCCCCCc3ccc(CCOC)cc3)cc2CC)cc1.C=C(C)C(=O)OCCCc1cc(-c2ccccc2CC)cc(CCCOC(=O)C(=C)C)c1OCCCCCc1ccc(OCCCCCO)cc1. The number of methoxy groups -OCH3 is 1. The molecular weight excluding hydrogens is 1240 g/mol. The van der Waals surface area contributed by atoms with Crippen LogP contribution in [0.3, 0.4) is 0 Å². The van der Waals surface area contributed by atoms with Crippen LogP contribution in [0, 0.1) is 0 Å². The van der Waals surface area contributed by atoms with E-state index < -0.39 is 11.9 Å². The number of hydrogen-bond donors (Lipinski definition) is 1. The van der Waals surface area contributed by atoms with Crippen LogP contribution in [0.5, 0.6) is 17.2 Å². The second-order valence-electron chi connectivity index (χ2n) is 25.6. The van der Waals surface area contributed by atoms with E-state index in [-0.39, 0.29) is 37.7 Å². The molecule has 99 heavy (non-hydrogen) atoms. The first-order valence-corrected chi connectivity index (χ1v) is 35.9. The summed E-state index contributed by atoms with van der Waals surface area (Å²) in [7, 11) is 1.74. The fourth-order valence-electron chi connectivity index (χ4n) is 11.3. The second kappa shape index (κ2) is 46.7. The predicted molar refractivity (Wildman–Crippen MR) is 400 cm³/mol. The smallest absolute Gasteiger partial charge is 0.333 e. The number of esters is 4. The number of hydrogen-bond acceptors (Lipinski definition) is 13. The molecule has 0 aromatic heterocycles. The van der Waals surface area contributed by atoms with Gasteiger partial charge >= 0.3 is 23.9 Å². The minimum absolute atomic E-state index is 0.0501. The van der Waals surface area contributed by atoms with Gasteiger partial charge in [-0.1, -0.05) is 144 Å². The van der Waals surface area contributed by atoms with Crippen molar-refractivity contribution in [3.63, 3.8) is 0 Å². The molecule has 0 saturated heterocycles. The zero-order chi connectivity index (χ0) is 71.6. The highest BCUT2D eigenvalue weighted by Gasteiger charge is 2.19. The molecule has 0 bridgehead atoms. The van der Waals surface area contributed by atoms with Crippen molar-refractivity contribution in [2.24, 2.45) is 0 Å². The first kappa shape index (κ1) is 81.2. The lowest BCUT2D eigenvalue weighted by Crippen LogP contribution is -2.13. The Bertz CT molecular complexity index is 3360. The molecule has 0 amide bonds. The Morgan fingerprint density at radius 3 is 1.32 bits per heavy atom. The summed E-state index contributed by atoms with van der Waals surface area (Å²) in [6.07, 6.45) is 19.1. The van der Waals surface area contributed by atoms with Crippen molar-refractivity contribution >= 4 is 23.9 Å². The summed E-state index contributed by atoms with van der Waals surface area (Å²) in [5.41, 5.74) is 15.9. The van der Waals surface area contributed by atoms with Gasteiger partial charge in [0.05, 0.1) is 52.9 Å². The van der Waals surface area contributed by atoms with Crippen LogP contribution in [0.1, 0.15) is 182 Å². The summed E-state index contributed by atoms with van der Waals surface area (Å²) < 4.78 is 45.3. The van der Waals surface area contributed by atoms with Crippen LogP contribution in [-0.4, -0.2) is 95.6 Å². The number of carbonyl (C=O) groups excluding carboxylic acids is 4. The maximum atomic E-state index is 12.0. The van der Waals surface area contributed by atoms with E-state index in [0.717, 1.165) is 142 Å². The highest BCUT2D eigenvalue weighted by molar-refractivity contribution is 5.88. The van der Waals surface area contributed by atoms with Crippen molar-refractivity contribution in [1.82, 2.24) is 0 Å². The van der Waals surface area contributed by atoms with Gasteiger partial charge in [-0.05, 0) is 259 Å². The van der Waals surface area contributed by atoms with Crippen LogP contribution in [0.4, 0.5) is 0 Å². The molecule has 13 nitrogen and oxygen atoms in total. The number of ether oxygens (including phenoxy) is 8. The van der Waals surface area contributed by atoms with Crippen LogP contribution < -0.4 is 14.2 Å². The maximum Gasteiger partial charge on any atom is 0.333 e. The monoisotopic (exact) mass is 1350 g/mol. The van der Waals surface area contributed by atoms with Crippen molar-refractivity contribution in [3.8, 4) is 39.5 Å². The van der Waals surface area contributed by atoms with Gasteiger partial charge in [-0.2, -0.15) is 0 Å². The van der Waals surface area contributed by atoms with Gasteiger partial charge < -0.3 is 43.0 Å². The molecule has 0 fully saturated rings. The van der Waals surface area contributed by atoms with Crippen molar-refractivity contribution < 1.29 is 62.2 Å². The number of aliphatic hydroxyl groups excluding tert-OH is 1. The largest absolute Gasteiger partial charge is 0.494 e. The lowest BCUT2D eigenvalue weighted by molar-refractivity contribution is -0.140. The standard InChI is InChI=1S/C44H58O7.C42H54O6/c1-6-36-18-10-11-21-41(36)39-31-37(19-15-29-50-43(46)33(2)3)42(38(32-39)20-16-30-51-44(47)34(4)5)49-28-13-7-9-17-35-22-24-40(25-23-35)48-27-14-8-12-26-45;1-7-35-30-39(46-26-11-9-8-10-12-33-13-15-34(16-14-33)23-27-45-6)21-22-40(35)38-19-17-36(18-20-38)37(24-28-47-41(43)31(2)3)25-29-48-42(44)32(4)5/h10-11,18,21-25,31-32,45H,2,4,6-9,12-17,19-20,26-30H2,1,3,5H3;13-22,30,37H,2,4,7-12,23-29H2,1,3,5-6H3. The lowest BCUT2D eigenvalue weighted by Gasteiger charge is -2.20. The van der Waals surface area contributed by atoms with E-state index in [9.17, 15) is 19.2 Å². The topological polar surface area (TPSA) is 162 Å². The number of aliphatic hydroxyl groups is 1. The third-order valence-corrected chi connectivity index (χ3v) is 17.1. The molecule has 0 heterocycles. The van der Waals surface area contributed by atoms with Crippen LogP contribution in [-0.2, 0) is 87.8 Å². The molecule has 1 N–H and O–H groups in total. The Kier molecular flexibility index (Phi) is 38.3. The average Bonchev–Trinajstić information content (AvgIpc) is 0.806.